The van der Waals surface area contributed by atoms with Crippen molar-refractivity contribution in [3.05, 3.63) is 59.4 Å². The van der Waals surface area contributed by atoms with Crippen LogP contribution < -0.4 is 4.74 Å². The van der Waals surface area contributed by atoms with Crippen molar-refractivity contribution in [3.8, 4) is 11.5 Å². The largest absolute Gasteiger partial charge is 0.457 e. The first-order valence-corrected chi connectivity index (χ1v) is 6.44. The van der Waals surface area contributed by atoms with Crippen molar-refractivity contribution >= 4 is 6.29 Å². The molecule has 0 saturated carbocycles. The van der Waals surface area contributed by atoms with Gasteiger partial charge >= 0.3 is 0 Å². The zero-order valence-electron chi connectivity index (χ0n) is 11.8. The molecule has 2 rings (SSSR count). The van der Waals surface area contributed by atoms with Crippen molar-refractivity contribution < 1.29 is 13.9 Å². The highest BCUT2D eigenvalue weighted by molar-refractivity contribution is 5.79. The second-order valence-electron chi connectivity index (χ2n) is 5.65. The number of carbonyl (C=O) groups excluding carboxylic acids is 1. The number of halogens is 1. The quantitative estimate of drug-likeness (QED) is 0.755. The van der Waals surface area contributed by atoms with Gasteiger partial charge in [0.05, 0.1) is 5.56 Å². The summed E-state index contributed by atoms with van der Waals surface area (Å²) in [5, 5.41) is 0. The minimum Gasteiger partial charge on any atom is -0.457 e. The number of carbonyl (C=O) groups is 1. The third-order valence-electron chi connectivity index (χ3n) is 3.08. The molecule has 2 nitrogen and oxygen atoms in total. The number of hydrogen-bond acceptors (Lipinski definition) is 2. The van der Waals surface area contributed by atoms with E-state index in [0.717, 1.165) is 0 Å². The normalized spacial score (nSPS) is 11.2. The molecule has 20 heavy (non-hydrogen) atoms. The number of aldehydes is 1. The molecule has 0 aliphatic heterocycles. The summed E-state index contributed by atoms with van der Waals surface area (Å²) in [7, 11) is 0. The van der Waals surface area contributed by atoms with Gasteiger partial charge in [0, 0.05) is 0 Å². The van der Waals surface area contributed by atoms with E-state index < -0.39 is 5.82 Å². The van der Waals surface area contributed by atoms with E-state index in [1.807, 2.05) is 24.3 Å². The summed E-state index contributed by atoms with van der Waals surface area (Å²) in [5.41, 5.74) is 1.18. The molecule has 0 N–H and O–H groups in total. The van der Waals surface area contributed by atoms with Crippen molar-refractivity contribution in [1.29, 1.82) is 0 Å². The van der Waals surface area contributed by atoms with Gasteiger partial charge in [0.25, 0.3) is 0 Å². The minimum absolute atomic E-state index is 0.0609. The monoisotopic (exact) mass is 272 g/mol. The lowest BCUT2D eigenvalue weighted by molar-refractivity contribution is 0.111. The van der Waals surface area contributed by atoms with Crippen LogP contribution in [0.5, 0.6) is 11.5 Å². The topological polar surface area (TPSA) is 26.3 Å². The maximum atomic E-state index is 13.5. The van der Waals surface area contributed by atoms with Gasteiger partial charge in [0.2, 0.25) is 0 Å². The van der Waals surface area contributed by atoms with Crippen molar-refractivity contribution in [2.24, 2.45) is 0 Å². The summed E-state index contributed by atoms with van der Waals surface area (Å²) in [6, 6.07) is 11.9. The van der Waals surface area contributed by atoms with Gasteiger partial charge in [0.15, 0.2) is 6.29 Å². The average Bonchev–Trinajstić information content (AvgIpc) is 2.38. The van der Waals surface area contributed by atoms with Crippen LogP contribution in [-0.2, 0) is 5.41 Å². The molecule has 0 aliphatic carbocycles. The van der Waals surface area contributed by atoms with Crippen LogP contribution in [0.15, 0.2) is 42.5 Å². The minimum atomic E-state index is -0.580. The van der Waals surface area contributed by atoms with Gasteiger partial charge in [-0.25, -0.2) is 4.39 Å². The Hall–Kier alpha value is -2.16. The molecule has 104 valence electrons. The molecule has 3 heteroatoms. The molecule has 0 fully saturated rings. The molecule has 0 bridgehead atoms. The average molecular weight is 272 g/mol. The maximum Gasteiger partial charge on any atom is 0.156 e. The van der Waals surface area contributed by atoms with E-state index in [2.05, 4.69) is 20.8 Å². The van der Waals surface area contributed by atoms with Crippen LogP contribution in [0, 0.1) is 5.82 Å². The van der Waals surface area contributed by atoms with Crippen molar-refractivity contribution in [1.82, 2.24) is 0 Å². The Morgan fingerprint density at radius 2 is 1.70 bits per heavy atom. The van der Waals surface area contributed by atoms with E-state index in [-0.39, 0.29) is 16.7 Å². The smallest absolute Gasteiger partial charge is 0.156 e. The Labute approximate surface area is 118 Å². The van der Waals surface area contributed by atoms with Crippen LogP contribution in [-0.4, -0.2) is 6.29 Å². The van der Waals surface area contributed by atoms with Gasteiger partial charge < -0.3 is 4.74 Å². The molecule has 0 unspecified atom stereocenters. The Balaban J connectivity index is 2.27. The highest BCUT2D eigenvalue weighted by Gasteiger charge is 2.14. The van der Waals surface area contributed by atoms with Crippen LogP contribution in [0.2, 0.25) is 0 Å². The second-order valence-corrected chi connectivity index (χ2v) is 5.65. The van der Waals surface area contributed by atoms with E-state index >= 15 is 0 Å². The number of rotatable bonds is 3. The van der Waals surface area contributed by atoms with Crippen molar-refractivity contribution in [3.63, 3.8) is 0 Å². The molecular weight excluding hydrogens is 255 g/mol. The fourth-order valence-corrected chi connectivity index (χ4v) is 1.87. The van der Waals surface area contributed by atoms with Crippen LogP contribution in [0.1, 0.15) is 36.7 Å². The fourth-order valence-electron chi connectivity index (χ4n) is 1.87. The van der Waals surface area contributed by atoms with Crippen LogP contribution in [0.25, 0.3) is 0 Å². The molecule has 2 aromatic carbocycles. The highest BCUT2D eigenvalue weighted by atomic mass is 19.1. The highest BCUT2D eigenvalue weighted by Crippen LogP contribution is 2.28. The number of benzene rings is 2. The molecular formula is C17H17FO2. The van der Waals surface area contributed by atoms with E-state index in [4.69, 9.17) is 4.74 Å². The Bertz CT molecular complexity index is 610. The van der Waals surface area contributed by atoms with Crippen molar-refractivity contribution in [2.75, 3.05) is 0 Å². The van der Waals surface area contributed by atoms with Gasteiger partial charge in [-0.2, -0.15) is 0 Å². The third-order valence-corrected chi connectivity index (χ3v) is 3.08. The van der Waals surface area contributed by atoms with Crippen molar-refractivity contribution in [2.45, 2.75) is 26.2 Å². The molecule has 0 atom stereocenters. The van der Waals surface area contributed by atoms with Crippen LogP contribution in [0.4, 0.5) is 4.39 Å². The Morgan fingerprint density at radius 1 is 1.05 bits per heavy atom. The van der Waals surface area contributed by atoms with Gasteiger partial charge in [-0.1, -0.05) is 39.0 Å². The summed E-state index contributed by atoms with van der Waals surface area (Å²) in [4.78, 5) is 10.9. The summed E-state index contributed by atoms with van der Waals surface area (Å²) in [5.74, 6) is 0.221. The molecule has 0 aliphatic rings. The summed E-state index contributed by atoms with van der Waals surface area (Å²) >= 11 is 0. The van der Waals surface area contributed by atoms with E-state index in [0.29, 0.717) is 12.0 Å². The third kappa shape index (κ3) is 3.05. The fraction of sp³-hybridized carbons (Fsp3) is 0.235. The van der Waals surface area contributed by atoms with E-state index in [9.17, 15) is 9.18 Å². The molecule has 0 heterocycles. The summed E-state index contributed by atoms with van der Waals surface area (Å²) in [6.07, 6.45) is 0.466. The Kier molecular flexibility index (Phi) is 3.89. The molecule has 2 aromatic rings. The van der Waals surface area contributed by atoms with Gasteiger partial charge in [-0.3, -0.25) is 4.79 Å². The van der Waals surface area contributed by atoms with E-state index in [1.165, 1.54) is 17.7 Å². The first-order chi connectivity index (χ1) is 9.41. The molecule has 0 amide bonds. The summed E-state index contributed by atoms with van der Waals surface area (Å²) in [6.45, 7) is 6.37. The Morgan fingerprint density at radius 3 is 2.25 bits per heavy atom. The maximum absolute atomic E-state index is 13.5. The standard InChI is InChI=1S/C17H17FO2/c1-17(2,3)12-7-9-13(10-8-12)20-16-6-4-5-15(18)14(16)11-19/h4-11H,1-3H3. The van der Waals surface area contributed by atoms with E-state index in [1.54, 1.807) is 6.07 Å². The lowest BCUT2D eigenvalue weighted by Crippen LogP contribution is -2.10. The first-order valence-electron chi connectivity index (χ1n) is 6.44. The van der Waals surface area contributed by atoms with Gasteiger partial charge in [-0.15, -0.1) is 0 Å². The van der Waals surface area contributed by atoms with Gasteiger partial charge in [-0.05, 0) is 35.2 Å². The van der Waals surface area contributed by atoms with Crippen LogP contribution >= 0.6 is 0 Å². The molecule has 0 saturated heterocycles. The second kappa shape index (κ2) is 5.45. The van der Waals surface area contributed by atoms with Crippen LogP contribution in [0.3, 0.4) is 0 Å². The molecule has 0 spiro atoms. The first kappa shape index (κ1) is 14.3. The molecule has 0 radical (unpaired) electrons. The summed E-state index contributed by atoms with van der Waals surface area (Å²) < 4.78 is 19.0. The predicted molar refractivity (Wildman–Crippen MR) is 77.0 cm³/mol. The SMILES string of the molecule is CC(C)(C)c1ccc(Oc2cccc(F)c2C=O)cc1. The zero-order valence-corrected chi connectivity index (χ0v) is 11.8. The lowest BCUT2D eigenvalue weighted by Gasteiger charge is -2.19. The predicted octanol–water partition coefficient (Wildman–Crippen LogP) is 4.73. The lowest BCUT2D eigenvalue weighted by atomic mass is 9.87. The zero-order chi connectivity index (χ0) is 14.8. The number of ether oxygens (including phenoxy) is 1. The van der Waals surface area contributed by atoms with Gasteiger partial charge in [0.1, 0.15) is 17.3 Å². The molecule has 0 aromatic heterocycles. The number of hydrogen-bond donors (Lipinski definition) is 0.